The zero-order valence-electron chi connectivity index (χ0n) is 16.5. The van der Waals surface area contributed by atoms with Gasteiger partial charge in [0.05, 0.1) is 26.1 Å². The first-order valence-corrected chi connectivity index (χ1v) is 10.7. The molecule has 0 unspecified atom stereocenters. The summed E-state index contributed by atoms with van der Waals surface area (Å²) in [5, 5.41) is 4.81. The SMILES string of the molecule is COc1ccc(CN(Cc2ccc(OC)cc2)c2cc(Cl)nn3c(I)cnc23)cc1. The molecule has 8 heteroatoms. The number of imidazole rings is 1. The lowest BCUT2D eigenvalue weighted by Crippen LogP contribution is -2.23. The average molecular weight is 535 g/mol. The highest BCUT2D eigenvalue weighted by Gasteiger charge is 2.17. The highest BCUT2D eigenvalue weighted by Crippen LogP contribution is 2.28. The molecular formula is C22H20ClIN4O2. The van der Waals surface area contributed by atoms with E-state index in [2.05, 4.69) is 61.8 Å². The molecule has 0 aliphatic carbocycles. The fraction of sp³-hybridized carbons (Fsp3) is 0.182. The number of fused-ring (bicyclic) bond motifs is 1. The van der Waals surface area contributed by atoms with E-state index in [4.69, 9.17) is 21.1 Å². The summed E-state index contributed by atoms with van der Waals surface area (Å²) < 4.78 is 13.2. The van der Waals surface area contributed by atoms with E-state index in [0.29, 0.717) is 18.2 Å². The number of benzene rings is 2. The maximum Gasteiger partial charge on any atom is 0.178 e. The molecule has 0 aliphatic heterocycles. The van der Waals surface area contributed by atoms with Crippen molar-refractivity contribution in [3.8, 4) is 11.5 Å². The van der Waals surface area contributed by atoms with Crippen LogP contribution < -0.4 is 14.4 Å². The van der Waals surface area contributed by atoms with Crippen molar-refractivity contribution in [3.05, 3.63) is 80.8 Å². The summed E-state index contributed by atoms with van der Waals surface area (Å²) in [6, 6.07) is 18.0. The Morgan fingerprint density at radius 1 is 0.933 bits per heavy atom. The molecule has 154 valence electrons. The van der Waals surface area contributed by atoms with Crippen molar-refractivity contribution in [2.45, 2.75) is 13.1 Å². The third-order valence-corrected chi connectivity index (χ3v) is 5.70. The Balaban J connectivity index is 1.74. The van der Waals surface area contributed by atoms with Crippen LogP contribution in [0.4, 0.5) is 5.69 Å². The number of aromatic nitrogens is 3. The monoisotopic (exact) mass is 534 g/mol. The summed E-state index contributed by atoms with van der Waals surface area (Å²) in [4.78, 5) is 6.82. The third-order valence-electron chi connectivity index (χ3n) is 4.78. The Hall–Kier alpha value is -2.52. The molecule has 0 aliphatic rings. The van der Waals surface area contributed by atoms with E-state index in [1.807, 2.05) is 30.3 Å². The molecule has 0 fully saturated rings. The van der Waals surface area contributed by atoms with Crippen LogP contribution in [0.3, 0.4) is 0 Å². The molecule has 2 aromatic heterocycles. The first-order valence-electron chi connectivity index (χ1n) is 9.28. The number of nitrogens with zero attached hydrogens (tertiary/aromatic N) is 4. The zero-order valence-corrected chi connectivity index (χ0v) is 19.5. The van der Waals surface area contributed by atoms with E-state index in [1.54, 1.807) is 24.9 Å². The first kappa shape index (κ1) is 20.7. The lowest BCUT2D eigenvalue weighted by atomic mass is 10.1. The second-order valence-electron chi connectivity index (χ2n) is 6.72. The van der Waals surface area contributed by atoms with Crippen molar-refractivity contribution in [2.75, 3.05) is 19.1 Å². The quantitative estimate of drug-likeness (QED) is 0.305. The summed E-state index contributed by atoms with van der Waals surface area (Å²) in [6.07, 6.45) is 1.79. The summed E-state index contributed by atoms with van der Waals surface area (Å²) in [7, 11) is 3.33. The molecule has 0 amide bonds. The van der Waals surface area contributed by atoms with Crippen molar-refractivity contribution in [2.24, 2.45) is 0 Å². The molecule has 0 bridgehead atoms. The minimum atomic E-state index is 0.419. The van der Waals surface area contributed by atoms with Crippen LogP contribution in [0.1, 0.15) is 11.1 Å². The molecule has 6 nitrogen and oxygen atoms in total. The van der Waals surface area contributed by atoms with Crippen molar-refractivity contribution in [1.82, 2.24) is 14.6 Å². The molecule has 30 heavy (non-hydrogen) atoms. The first-order chi connectivity index (χ1) is 14.6. The van der Waals surface area contributed by atoms with Gasteiger partial charge in [-0.05, 0) is 58.0 Å². The van der Waals surface area contributed by atoms with Gasteiger partial charge in [-0.3, -0.25) is 0 Å². The molecule has 4 aromatic rings. The van der Waals surface area contributed by atoms with Crippen LogP contribution in [-0.2, 0) is 13.1 Å². The summed E-state index contributed by atoms with van der Waals surface area (Å²) >= 11 is 8.57. The van der Waals surface area contributed by atoms with E-state index in [9.17, 15) is 0 Å². The highest BCUT2D eigenvalue weighted by molar-refractivity contribution is 14.1. The molecule has 0 spiro atoms. The van der Waals surface area contributed by atoms with Gasteiger partial charge in [0.25, 0.3) is 0 Å². The molecule has 2 heterocycles. The second kappa shape index (κ2) is 9.09. The van der Waals surface area contributed by atoms with Crippen molar-refractivity contribution in [3.63, 3.8) is 0 Å². The second-order valence-corrected chi connectivity index (χ2v) is 8.21. The maximum absolute atomic E-state index is 6.36. The summed E-state index contributed by atoms with van der Waals surface area (Å²) in [5.74, 6) is 1.66. The van der Waals surface area contributed by atoms with E-state index in [-0.39, 0.29) is 0 Å². The molecule has 2 aromatic carbocycles. The van der Waals surface area contributed by atoms with Gasteiger partial charge in [0.15, 0.2) is 10.8 Å². The Kier molecular flexibility index (Phi) is 6.29. The smallest absolute Gasteiger partial charge is 0.178 e. The molecule has 0 N–H and O–H groups in total. The normalized spacial score (nSPS) is 10.9. The predicted octanol–water partition coefficient (Wildman–Crippen LogP) is 5.21. The van der Waals surface area contributed by atoms with Crippen LogP contribution in [0.15, 0.2) is 60.8 Å². The molecule has 4 rings (SSSR count). The number of hydrogen-bond acceptors (Lipinski definition) is 5. The van der Waals surface area contributed by atoms with E-state index in [1.165, 1.54) is 0 Å². The Bertz CT molecular complexity index is 1100. The maximum atomic E-state index is 6.36. The highest BCUT2D eigenvalue weighted by atomic mass is 127. The molecule has 0 saturated carbocycles. The third kappa shape index (κ3) is 4.46. The number of hydrogen-bond donors (Lipinski definition) is 0. The van der Waals surface area contributed by atoms with Crippen LogP contribution in [0.5, 0.6) is 11.5 Å². The van der Waals surface area contributed by atoms with Crippen LogP contribution in [-0.4, -0.2) is 28.8 Å². The lowest BCUT2D eigenvalue weighted by molar-refractivity contribution is 0.414. The van der Waals surface area contributed by atoms with E-state index >= 15 is 0 Å². The summed E-state index contributed by atoms with van der Waals surface area (Å²) in [5.41, 5.74) is 3.99. The fourth-order valence-electron chi connectivity index (χ4n) is 3.26. The predicted molar refractivity (Wildman–Crippen MR) is 127 cm³/mol. The minimum Gasteiger partial charge on any atom is -0.497 e. The molecular weight excluding hydrogens is 515 g/mol. The average Bonchev–Trinajstić information content (AvgIpc) is 3.14. The Labute approximate surface area is 193 Å². The van der Waals surface area contributed by atoms with Crippen LogP contribution in [0, 0.1) is 3.70 Å². The molecule has 0 radical (unpaired) electrons. The van der Waals surface area contributed by atoms with Gasteiger partial charge in [-0.1, -0.05) is 35.9 Å². The van der Waals surface area contributed by atoms with Gasteiger partial charge in [-0.2, -0.15) is 5.10 Å². The standard InChI is InChI=1S/C22H20ClIN4O2/c1-29-17-7-3-15(4-8-17)13-27(14-16-5-9-18(30-2)10-6-16)19-11-20(23)26-28-21(24)12-25-22(19)28/h3-12H,13-14H2,1-2H3. The number of halogens is 2. The topological polar surface area (TPSA) is 51.9 Å². The van der Waals surface area contributed by atoms with Crippen molar-refractivity contribution >= 4 is 45.5 Å². The Morgan fingerprint density at radius 3 is 1.97 bits per heavy atom. The Morgan fingerprint density at radius 2 is 1.47 bits per heavy atom. The van der Waals surface area contributed by atoms with E-state index in [0.717, 1.165) is 37.7 Å². The lowest BCUT2D eigenvalue weighted by Gasteiger charge is -2.26. The van der Waals surface area contributed by atoms with Crippen molar-refractivity contribution < 1.29 is 9.47 Å². The van der Waals surface area contributed by atoms with Gasteiger partial charge in [-0.25, -0.2) is 9.50 Å². The van der Waals surface area contributed by atoms with Gasteiger partial charge in [0, 0.05) is 19.2 Å². The van der Waals surface area contributed by atoms with Crippen molar-refractivity contribution in [1.29, 1.82) is 0 Å². The molecule has 0 saturated heterocycles. The van der Waals surface area contributed by atoms with Gasteiger partial charge in [0.1, 0.15) is 15.2 Å². The minimum absolute atomic E-state index is 0.419. The van der Waals surface area contributed by atoms with E-state index < -0.39 is 0 Å². The largest absolute Gasteiger partial charge is 0.497 e. The number of ether oxygens (including phenoxy) is 2. The van der Waals surface area contributed by atoms with Gasteiger partial charge in [0.2, 0.25) is 0 Å². The van der Waals surface area contributed by atoms with Crippen LogP contribution >= 0.6 is 34.2 Å². The fourth-order valence-corrected chi connectivity index (χ4v) is 3.91. The number of methoxy groups -OCH3 is 2. The van der Waals surface area contributed by atoms with Gasteiger partial charge >= 0.3 is 0 Å². The molecule has 0 atom stereocenters. The van der Waals surface area contributed by atoms with Gasteiger partial charge in [-0.15, -0.1) is 0 Å². The number of anilines is 1. The summed E-state index contributed by atoms with van der Waals surface area (Å²) in [6.45, 7) is 1.35. The van der Waals surface area contributed by atoms with Gasteiger partial charge < -0.3 is 14.4 Å². The van der Waals surface area contributed by atoms with Crippen LogP contribution in [0.25, 0.3) is 5.65 Å². The number of rotatable bonds is 7. The van der Waals surface area contributed by atoms with Crippen LogP contribution in [0.2, 0.25) is 5.15 Å². The zero-order chi connectivity index (χ0) is 21.1.